The van der Waals surface area contributed by atoms with Crippen LogP contribution in [0.4, 0.5) is 4.79 Å². The van der Waals surface area contributed by atoms with E-state index in [2.05, 4.69) is 31.9 Å². The number of carbonyl (C=O) groups is 2. The molecule has 114 valence electrons. The van der Waals surface area contributed by atoms with Crippen LogP contribution >= 0.6 is 31.9 Å². The van der Waals surface area contributed by atoms with Gasteiger partial charge in [0.1, 0.15) is 11.6 Å². The fourth-order valence-corrected chi connectivity index (χ4v) is 4.50. The molecule has 1 saturated carbocycles. The summed E-state index contributed by atoms with van der Waals surface area (Å²) in [5, 5.41) is 9.41. The van der Waals surface area contributed by atoms with Gasteiger partial charge in [-0.2, -0.15) is 0 Å². The number of carbonyl (C=O) groups excluding carboxylic acids is 1. The minimum absolute atomic E-state index is 0.0748. The molecule has 0 aromatic carbocycles. The summed E-state index contributed by atoms with van der Waals surface area (Å²) < 4.78 is 5.12. The highest BCUT2D eigenvalue weighted by Crippen LogP contribution is 2.71. The third kappa shape index (κ3) is 2.98. The molecular formula is C13H19Br2NO4. The predicted molar refractivity (Wildman–Crippen MR) is 81.2 cm³/mol. The Labute approximate surface area is 135 Å². The number of likely N-dealkylation sites (tertiary alicyclic amines) is 1. The van der Waals surface area contributed by atoms with Crippen LogP contribution in [0, 0.1) is 5.41 Å². The van der Waals surface area contributed by atoms with Crippen LogP contribution in [-0.2, 0) is 9.53 Å². The summed E-state index contributed by atoms with van der Waals surface area (Å²) in [6, 6.07) is -0.824. The molecule has 0 radical (unpaired) electrons. The van der Waals surface area contributed by atoms with E-state index < -0.39 is 23.7 Å². The van der Waals surface area contributed by atoms with E-state index >= 15 is 0 Å². The van der Waals surface area contributed by atoms with Gasteiger partial charge in [0.25, 0.3) is 0 Å². The number of ether oxygens (including phenoxy) is 1. The Bertz CT molecular complexity index is 446. The van der Waals surface area contributed by atoms with Crippen LogP contribution in [0.5, 0.6) is 0 Å². The number of hydrogen-bond donors (Lipinski definition) is 1. The van der Waals surface area contributed by atoms with Crippen LogP contribution in [0.2, 0.25) is 0 Å². The van der Waals surface area contributed by atoms with Crippen molar-refractivity contribution in [2.75, 3.05) is 6.54 Å². The van der Waals surface area contributed by atoms with E-state index in [4.69, 9.17) is 4.74 Å². The number of halogens is 2. The highest BCUT2D eigenvalue weighted by molar-refractivity contribution is 9.25. The first kappa shape index (κ1) is 16.1. The minimum atomic E-state index is -0.974. The molecule has 2 rings (SSSR count). The number of carboxylic acids is 1. The number of carboxylic acid groups (broad SMARTS) is 1. The van der Waals surface area contributed by atoms with Crippen LogP contribution in [-0.4, -0.2) is 43.5 Å². The second-order valence-corrected chi connectivity index (χ2v) is 10.4. The molecule has 2 unspecified atom stereocenters. The van der Waals surface area contributed by atoms with Gasteiger partial charge in [-0.25, -0.2) is 9.59 Å². The lowest BCUT2D eigenvalue weighted by atomic mass is 9.88. The molecule has 5 nitrogen and oxygen atoms in total. The SMILES string of the molecule is CC(C)(C)OC(=O)N1CCC2(CC1C(=O)O)CC2(Br)Br. The molecule has 20 heavy (non-hydrogen) atoms. The van der Waals surface area contributed by atoms with Crippen LogP contribution < -0.4 is 0 Å². The average Bonchev–Trinajstić information content (AvgIpc) is 2.76. The maximum absolute atomic E-state index is 12.1. The molecule has 7 heteroatoms. The first-order valence-electron chi connectivity index (χ1n) is 6.58. The van der Waals surface area contributed by atoms with Crippen LogP contribution in [0.3, 0.4) is 0 Å². The molecule has 2 atom stereocenters. The van der Waals surface area contributed by atoms with Crippen molar-refractivity contribution < 1.29 is 19.4 Å². The molecule has 1 aliphatic carbocycles. The highest BCUT2D eigenvalue weighted by atomic mass is 79.9. The molecule has 1 aliphatic heterocycles. The van der Waals surface area contributed by atoms with Crippen LogP contribution in [0.15, 0.2) is 0 Å². The smallest absolute Gasteiger partial charge is 0.411 e. The van der Waals surface area contributed by atoms with Gasteiger partial charge in [0.05, 0.1) is 3.23 Å². The number of rotatable bonds is 1. The molecule has 0 aromatic rings. The lowest BCUT2D eigenvalue weighted by molar-refractivity contribution is -0.145. The van der Waals surface area contributed by atoms with E-state index in [1.54, 1.807) is 20.8 Å². The fourth-order valence-electron chi connectivity index (χ4n) is 2.71. The zero-order chi connectivity index (χ0) is 15.3. The summed E-state index contributed by atoms with van der Waals surface area (Å²) in [7, 11) is 0. The average molecular weight is 413 g/mol. The van der Waals surface area contributed by atoms with Crippen molar-refractivity contribution in [3.05, 3.63) is 0 Å². The molecule has 2 fully saturated rings. The first-order valence-corrected chi connectivity index (χ1v) is 8.16. The number of nitrogens with zero attached hydrogens (tertiary/aromatic N) is 1. The highest BCUT2D eigenvalue weighted by Gasteiger charge is 2.67. The Morgan fingerprint density at radius 2 is 1.90 bits per heavy atom. The Morgan fingerprint density at radius 3 is 2.30 bits per heavy atom. The Balaban J connectivity index is 2.11. The molecular weight excluding hydrogens is 394 g/mol. The quantitative estimate of drug-likeness (QED) is 0.670. The summed E-state index contributed by atoms with van der Waals surface area (Å²) in [4.78, 5) is 25.0. The van der Waals surface area contributed by atoms with Crippen molar-refractivity contribution in [2.24, 2.45) is 5.41 Å². The van der Waals surface area contributed by atoms with E-state index in [1.165, 1.54) is 4.90 Å². The zero-order valence-electron chi connectivity index (χ0n) is 11.8. The number of piperidine rings is 1. The van der Waals surface area contributed by atoms with Gasteiger partial charge in [-0.3, -0.25) is 4.90 Å². The lowest BCUT2D eigenvalue weighted by Gasteiger charge is -2.38. The second kappa shape index (κ2) is 4.87. The van der Waals surface area contributed by atoms with Gasteiger partial charge in [-0.15, -0.1) is 0 Å². The zero-order valence-corrected chi connectivity index (χ0v) is 15.0. The number of alkyl halides is 2. The van der Waals surface area contributed by atoms with Gasteiger partial charge in [0.2, 0.25) is 0 Å². The van der Waals surface area contributed by atoms with E-state index in [0.717, 1.165) is 12.8 Å². The van der Waals surface area contributed by atoms with Crippen molar-refractivity contribution in [1.82, 2.24) is 4.90 Å². The van der Waals surface area contributed by atoms with Crippen molar-refractivity contribution in [3.8, 4) is 0 Å². The fraction of sp³-hybridized carbons (Fsp3) is 0.846. The van der Waals surface area contributed by atoms with Gasteiger partial charge in [0.15, 0.2) is 0 Å². The molecule has 0 aromatic heterocycles. The Kier molecular flexibility index (Phi) is 3.91. The van der Waals surface area contributed by atoms with Crippen molar-refractivity contribution in [1.29, 1.82) is 0 Å². The first-order chi connectivity index (χ1) is 8.97. The van der Waals surface area contributed by atoms with E-state index in [1.807, 2.05) is 0 Å². The standard InChI is InChI=1S/C13H19Br2NO4/c1-11(2,3)20-10(19)16-5-4-12(7-13(12,14)15)6-8(16)9(17)18/h8H,4-7H2,1-3H3,(H,17,18). The largest absolute Gasteiger partial charge is 0.480 e. The topological polar surface area (TPSA) is 66.8 Å². The lowest BCUT2D eigenvalue weighted by Crippen LogP contribution is -2.52. The minimum Gasteiger partial charge on any atom is -0.480 e. The van der Waals surface area contributed by atoms with Crippen LogP contribution in [0.25, 0.3) is 0 Å². The van der Waals surface area contributed by atoms with Gasteiger partial charge in [-0.05, 0) is 40.0 Å². The van der Waals surface area contributed by atoms with E-state index in [0.29, 0.717) is 13.0 Å². The Morgan fingerprint density at radius 1 is 1.35 bits per heavy atom. The molecule has 1 spiro atoms. The molecule has 1 saturated heterocycles. The summed E-state index contributed by atoms with van der Waals surface area (Å²) in [6.07, 6.45) is 1.55. The molecule has 1 heterocycles. The van der Waals surface area contributed by atoms with Crippen molar-refractivity contribution >= 4 is 43.9 Å². The summed E-state index contributed by atoms with van der Waals surface area (Å²) >= 11 is 7.15. The number of aliphatic carboxylic acids is 1. The van der Waals surface area contributed by atoms with Gasteiger partial charge in [0, 0.05) is 12.0 Å². The molecule has 1 amide bonds. The van der Waals surface area contributed by atoms with Crippen molar-refractivity contribution in [3.63, 3.8) is 0 Å². The van der Waals surface area contributed by atoms with Gasteiger partial charge in [-0.1, -0.05) is 31.9 Å². The maximum Gasteiger partial charge on any atom is 0.411 e. The summed E-state index contributed by atoms with van der Waals surface area (Å²) in [5.74, 6) is -0.974. The number of hydrogen-bond acceptors (Lipinski definition) is 3. The third-order valence-electron chi connectivity index (χ3n) is 3.92. The molecule has 2 aliphatic rings. The molecule has 0 bridgehead atoms. The normalized spacial score (nSPS) is 32.0. The summed E-state index contributed by atoms with van der Waals surface area (Å²) in [5.41, 5.74) is -0.696. The van der Waals surface area contributed by atoms with Crippen molar-refractivity contribution in [2.45, 2.75) is 54.9 Å². The number of amides is 1. The van der Waals surface area contributed by atoms with Gasteiger partial charge >= 0.3 is 12.1 Å². The Hall–Kier alpha value is -0.300. The van der Waals surface area contributed by atoms with E-state index in [-0.39, 0.29) is 8.65 Å². The van der Waals surface area contributed by atoms with E-state index in [9.17, 15) is 14.7 Å². The monoisotopic (exact) mass is 411 g/mol. The summed E-state index contributed by atoms with van der Waals surface area (Å²) in [6.45, 7) is 5.73. The van der Waals surface area contributed by atoms with Gasteiger partial charge < -0.3 is 9.84 Å². The predicted octanol–water partition coefficient (Wildman–Crippen LogP) is 3.35. The maximum atomic E-state index is 12.1. The molecule has 1 N–H and O–H groups in total. The third-order valence-corrected chi connectivity index (χ3v) is 6.16. The second-order valence-electron chi connectivity index (χ2n) is 6.64. The van der Waals surface area contributed by atoms with Crippen LogP contribution in [0.1, 0.15) is 40.0 Å².